The van der Waals surface area contributed by atoms with E-state index in [0.717, 1.165) is 6.42 Å². The molecule has 1 aromatic rings. The number of pyridine rings is 1. The van der Waals surface area contributed by atoms with E-state index in [9.17, 15) is 4.79 Å². The molecule has 1 atom stereocenters. The van der Waals surface area contributed by atoms with Crippen LogP contribution in [0.4, 0.5) is 5.82 Å². The second kappa shape index (κ2) is 6.42. The van der Waals surface area contributed by atoms with Gasteiger partial charge in [-0.1, -0.05) is 18.5 Å². The lowest BCUT2D eigenvalue weighted by atomic mass is 10.2. The first-order chi connectivity index (χ1) is 8.08. The van der Waals surface area contributed by atoms with Crippen LogP contribution in [0.3, 0.4) is 0 Å². The van der Waals surface area contributed by atoms with Crippen LogP contribution in [0.25, 0.3) is 0 Å². The molecular weight excluding hydrogens is 244 g/mol. The number of ether oxygens (including phenoxy) is 1. The third-order valence-electron chi connectivity index (χ3n) is 2.30. The Hall–Kier alpha value is -1.33. The summed E-state index contributed by atoms with van der Waals surface area (Å²) in [6, 6.07) is 1.51. The van der Waals surface area contributed by atoms with E-state index in [-0.39, 0.29) is 16.6 Å². The maximum absolute atomic E-state index is 10.9. The summed E-state index contributed by atoms with van der Waals surface area (Å²) >= 11 is 5.73. The number of hydrogen-bond acceptors (Lipinski definition) is 4. The summed E-state index contributed by atoms with van der Waals surface area (Å²) in [6.07, 6.45) is 2.17. The van der Waals surface area contributed by atoms with Crippen LogP contribution < -0.4 is 5.32 Å². The number of anilines is 1. The summed E-state index contributed by atoms with van der Waals surface area (Å²) in [5, 5.41) is 12.1. The zero-order valence-corrected chi connectivity index (χ0v) is 10.5. The van der Waals surface area contributed by atoms with Crippen molar-refractivity contribution >= 4 is 23.4 Å². The molecule has 6 heteroatoms. The number of aromatic nitrogens is 1. The van der Waals surface area contributed by atoms with Crippen LogP contribution in [0.1, 0.15) is 23.7 Å². The van der Waals surface area contributed by atoms with Gasteiger partial charge in [-0.3, -0.25) is 0 Å². The number of rotatable bonds is 6. The zero-order chi connectivity index (χ0) is 12.8. The van der Waals surface area contributed by atoms with Crippen molar-refractivity contribution in [1.29, 1.82) is 0 Å². The van der Waals surface area contributed by atoms with Gasteiger partial charge in [0.25, 0.3) is 0 Å². The molecule has 1 heterocycles. The molecule has 0 aliphatic heterocycles. The van der Waals surface area contributed by atoms with Gasteiger partial charge in [0.05, 0.1) is 23.2 Å². The highest BCUT2D eigenvalue weighted by Crippen LogP contribution is 2.18. The van der Waals surface area contributed by atoms with E-state index in [1.54, 1.807) is 7.11 Å². The minimum atomic E-state index is -1.07. The topological polar surface area (TPSA) is 71.5 Å². The molecular formula is C11H15ClN2O3. The fourth-order valence-electron chi connectivity index (χ4n) is 1.35. The highest BCUT2D eigenvalue weighted by molar-refractivity contribution is 6.33. The van der Waals surface area contributed by atoms with Gasteiger partial charge in [0.1, 0.15) is 5.82 Å². The molecule has 94 valence electrons. The standard InChI is InChI=1S/C11H15ClN2O3/c1-3-7(6-17-2)14-10-4-8(11(15)16)9(12)5-13-10/h4-5,7H,3,6H2,1-2H3,(H,13,14)(H,15,16). The number of halogens is 1. The average Bonchev–Trinajstić information content (AvgIpc) is 2.30. The van der Waals surface area contributed by atoms with E-state index in [1.165, 1.54) is 12.3 Å². The van der Waals surface area contributed by atoms with Gasteiger partial charge in [0, 0.05) is 13.3 Å². The van der Waals surface area contributed by atoms with E-state index in [0.29, 0.717) is 12.4 Å². The van der Waals surface area contributed by atoms with E-state index in [4.69, 9.17) is 21.4 Å². The predicted octanol–water partition coefficient (Wildman–Crippen LogP) is 2.27. The molecule has 0 bridgehead atoms. The van der Waals surface area contributed by atoms with E-state index < -0.39 is 5.97 Å². The van der Waals surface area contributed by atoms with E-state index >= 15 is 0 Å². The molecule has 1 aromatic heterocycles. The SMILES string of the molecule is CCC(COC)Nc1cc(C(=O)O)c(Cl)cn1. The Morgan fingerprint density at radius 2 is 2.41 bits per heavy atom. The molecule has 0 saturated carbocycles. The van der Waals surface area contributed by atoms with Gasteiger partial charge >= 0.3 is 5.97 Å². The number of carbonyl (C=O) groups is 1. The highest BCUT2D eigenvalue weighted by Gasteiger charge is 2.12. The van der Waals surface area contributed by atoms with Crippen LogP contribution in [-0.4, -0.2) is 35.8 Å². The van der Waals surface area contributed by atoms with Crippen LogP contribution in [0.2, 0.25) is 5.02 Å². The summed E-state index contributed by atoms with van der Waals surface area (Å²) < 4.78 is 5.04. The van der Waals surface area contributed by atoms with Crippen molar-refractivity contribution < 1.29 is 14.6 Å². The quantitative estimate of drug-likeness (QED) is 0.819. The minimum absolute atomic E-state index is 0.0384. The van der Waals surface area contributed by atoms with Crippen LogP contribution in [0, 0.1) is 0 Å². The summed E-state index contributed by atoms with van der Waals surface area (Å²) in [4.78, 5) is 14.9. The Balaban J connectivity index is 2.84. The smallest absolute Gasteiger partial charge is 0.337 e. The van der Waals surface area contributed by atoms with E-state index in [1.807, 2.05) is 6.92 Å². The Morgan fingerprint density at radius 3 is 2.94 bits per heavy atom. The molecule has 0 spiro atoms. The lowest BCUT2D eigenvalue weighted by Gasteiger charge is -2.16. The van der Waals surface area contributed by atoms with Crippen molar-refractivity contribution in [3.63, 3.8) is 0 Å². The Labute approximate surface area is 105 Å². The van der Waals surface area contributed by atoms with Crippen molar-refractivity contribution in [2.75, 3.05) is 19.0 Å². The first-order valence-electron chi connectivity index (χ1n) is 5.22. The van der Waals surface area contributed by atoms with Crippen LogP contribution in [-0.2, 0) is 4.74 Å². The lowest BCUT2D eigenvalue weighted by Crippen LogP contribution is -2.24. The second-order valence-corrected chi connectivity index (χ2v) is 3.97. The van der Waals surface area contributed by atoms with Gasteiger partial charge in [-0.2, -0.15) is 0 Å². The van der Waals surface area contributed by atoms with Crippen LogP contribution in [0.15, 0.2) is 12.3 Å². The number of methoxy groups -OCH3 is 1. The van der Waals surface area contributed by atoms with Crippen LogP contribution >= 0.6 is 11.6 Å². The molecule has 0 fully saturated rings. The fraction of sp³-hybridized carbons (Fsp3) is 0.455. The van der Waals surface area contributed by atoms with Gasteiger partial charge in [0.2, 0.25) is 0 Å². The van der Waals surface area contributed by atoms with Gasteiger partial charge in [-0.05, 0) is 12.5 Å². The maximum atomic E-state index is 10.9. The first-order valence-corrected chi connectivity index (χ1v) is 5.60. The maximum Gasteiger partial charge on any atom is 0.337 e. The van der Waals surface area contributed by atoms with E-state index in [2.05, 4.69) is 10.3 Å². The Kier molecular flexibility index (Phi) is 5.18. The van der Waals surface area contributed by atoms with Gasteiger partial charge < -0.3 is 15.2 Å². The van der Waals surface area contributed by atoms with Crippen molar-refractivity contribution in [1.82, 2.24) is 4.98 Å². The third kappa shape index (κ3) is 3.87. The van der Waals surface area contributed by atoms with Crippen LogP contribution in [0.5, 0.6) is 0 Å². The second-order valence-electron chi connectivity index (χ2n) is 3.56. The number of carboxylic acids is 1. The molecule has 2 N–H and O–H groups in total. The summed E-state index contributed by atoms with van der Waals surface area (Å²) in [5.41, 5.74) is 0.0384. The molecule has 0 aliphatic carbocycles. The minimum Gasteiger partial charge on any atom is -0.478 e. The first kappa shape index (κ1) is 13.7. The molecule has 0 amide bonds. The molecule has 1 rings (SSSR count). The third-order valence-corrected chi connectivity index (χ3v) is 2.60. The van der Waals surface area contributed by atoms with Crippen molar-refractivity contribution in [3.05, 3.63) is 22.8 Å². The normalized spacial score (nSPS) is 12.2. The lowest BCUT2D eigenvalue weighted by molar-refractivity contribution is 0.0697. The molecule has 0 aromatic carbocycles. The molecule has 0 saturated heterocycles. The number of aromatic carboxylic acids is 1. The number of nitrogens with one attached hydrogen (secondary N) is 1. The molecule has 1 unspecified atom stereocenters. The van der Waals surface area contributed by atoms with Crippen molar-refractivity contribution in [2.45, 2.75) is 19.4 Å². The monoisotopic (exact) mass is 258 g/mol. The van der Waals surface area contributed by atoms with Crippen molar-refractivity contribution in [2.24, 2.45) is 0 Å². The fourth-order valence-corrected chi connectivity index (χ4v) is 1.54. The number of nitrogens with zero attached hydrogens (tertiary/aromatic N) is 1. The summed E-state index contributed by atoms with van der Waals surface area (Å²) in [6.45, 7) is 2.54. The van der Waals surface area contributed by atoms with Gasteiger partial charge in [-0.15, -0.1) is 0 Å². The molecule has 5 nitrogen and oxygen atoms in total. The predicted molar refractivity (Wildman–Crippen MR) is 65.8 cm³/mol. The largest absolute Gasteiger partial charge is 0.478 e. The highest BCUT2D eigenvalue weighted by atomic mass is 35.5. The van der Waals surface area contributed by atoms with Gasteiger partial charge in [0.15, 0.2) is 0 Å². The average molecular weight is 259 g/mol. The summed E-state index contributed by atoms with van der Waals surface area (Å²) in [5.74, 6) is -0.587. The number of hydrogen-bond donors (Lipinski definition) is 2. The molecule has 0 aliphatic rings. The summed E-state index contributed by atoms with van der Waals surface area (Å²) in [7, 11) is 1.61. The Morgan fingerprint density at radius 1 is 1.71 bits per heavy atom. The van der Waals surface area contributed by atoms with Gasteiger partial charge in [-0.25, -0.2) is 9.78 Å². The zero-order valence-electron chi connectivity index (χ0n) is 9.74. The Bertz CT molecular complexity index is 398. The molecule has 0 radical (unpaired) electrons. The number of carboxylic acid groups (broad SMARTS) is 1. The molecule has 17 heavy (non-hydrogen) atoms. The van der Waals surface area contributed by atoms with Crippen molar-refractivity contribution in [3.8, 4) is 0 Å².